The van der Waals surface area contributed by atoms with Crippen LogP contribution in [0.4, 0.5) is 10.9 Å². The molecular formula is C15H19ClN4O2S. The maximum absolute atomic E-state index is 12.2. The number of amides is 1. The van der Waals surface area contributed by atoms with E-state index in [2.05, 4.69) is 20.6 Å². The number of hydrogen-bond acceptors (Lipinski definition) is 6. The van der Waals surface area contributed by atoms with Gasteiger partial charge < -0.3 is 15.4 Å². The first-order valence-electron chi connectivity index (χ1n) is 7.32. The molecule has 8 heteroatoms. The quantitative estimate of drug-likeness (QED) is 0.710. The van der Waals surface area contributed by atoms with Crippen molar-refractivity contribution in [3.05, 3.63) is 33.9 Å². The molecule has 2 heterocycles. The summed E-state index contributed by atoms with van der Waals surface area (Å²) in [6.07, 6.45) is 2.34. The summed E-state index contributed by atoms with van der Waals surface area (Å²) >= 11 is 7.10. The molecule has 0 radical (unpaired) electrons. The first-order valence-corrected chi connectivity index (χ1v) is 8.51. The highest BCUT2D eigenvalue weighted by molar-refractivity contribution is 7.17. The number of anilines is 2. The van der Waals surface area contributed by atoms with Crippen molar-refractivity contribution in [3.63, 3.8) is 0 Å². The highest BCUT2D eigenvalue weighted by Crippen LogP contribution is 2.25. The van der Waals surface area contributed by atoms with E-state index in [0.29, 0.717) is 46.3 Å². The number of hydrogen-bond donors (Lipinski definition) is 2. The van der Waals surface area contributed by atoms with E-state index < -0.39 is 0 Å². The normalized spacial score (nSPS) is 10.6. The molecule has 0 aromatic carbocycles. The molecule has 0 aliphatic heterocycles. The number of carbonyl (C=O) groups excluding carboxylic acids is 1. The van der Waals surface area contributed by atoms with Crippen LogP contribution in [0.15, 0.2) is 18.3 Å². The molecular weight excluding hydrogens is 336 g/mol. The average molecular weight is 355 g/mol. The second-order valence-corrected chi connectivity index (χ2v) is 6.16. The van der Waals surface area contributed by atoms with Gasteiger partial charge in [0.05, 0.1) is 10.7 Å². The number of ether oxygens (including phenoxy) is 1. The average Bonchev–Trinajstić information content (AvgIpc) is 2.90. The predicted molar refractivity (Wildman–Crippen MR) is 92.8 cm³/mol. The van der Waals surface area contributed by atoms with Crippen LogP contribution < -0.4 is 10.6 Å². The Morgan fingerprint density at radius 1 is 1.43 bits per heavy atom. The molecule has 1 amide bonds. The van der Waals surface area contributed by atoms with Gasteiger partial charge in [-0.1, -0.05) is 22.9 Å². The summed E-state index contributed by atoms with van der Waals surface area (Å²) in [7, 11) is 0. The Kier molecular flexibility index (Phi) is 6.76. The van der Waals surface area contributed by atoms with Gasteiger partial charge in [-0.05, 0) is 32.4 Å². The van der Waals surface area contributed by atoms with Crippen molar-refractivity contribution in [2.75, 3.05) is 25.1 Å². The Hall–Kier alpha value is -1.70. The Labute approximate surface area is 144 Å². The number of pyridine rings is 1. The molecule has 0 aliphatic carbocycles. The Morgan fingerprint density at radius 3 is 2.96 bits per heavy atom. The summed E-state index contributed by atoms with van der Waals surface area (Å²) < 4.78 is 5.24. The molecule has 0 fully saturated rings. The lowest BCUT2D eigenvalue weighted by Crippen LogP contribution is -2.25. The lowest BCUT2D eigenvalue weighted by atomic mass is 10.3. The van der Waals surface area contributed by atoms with Gasteiger partial charge in [0.25, 0.3) is 5.91 Å². The fraction of sp³-hybridized carbons (Fsp3) is 0.400. The fourth-order valence-electron chi connectivity index (χ4n) is 1.82. The maximum atomic E-state index is 12.2. The van der Waals surface area contributed by atoms with Gasteiger partial charge in [-0.15, -0.1) is 0 Å². The lowest BCUT2D eigenvalue weighted by Gasteiger charge is -2.04. The number of rotatable bonds is 8. The van der Waals surface area contributed by atoms with Crippen molar-refractivity contribution < 1.29 is 9.53 Å². The zero-order valence-corrected chi connectivity index (χ0v) is 14.6. The van der Waals surface area contributed by atoms with Crippen LogP contribution in [0.2, 0.25) is 5.02 Å². The van der Waals surface area contributed by atoms with E-state index in [9.17, 15) is 4.79 Å². The molecule has 0 atom stereocenters. The highest BCUT2D eigenvalue weighted by atomic mass is 35.5. The van der Waals surface area contributed by atoms with Crippen LogP contribution in [0.3, 0.4) is 0 Å². The van der Waals surface area contributed by atoms with E-state index in [1.54, 1.807) is 18.3 Å². The van der Waals surface area contributed by atoms with Gasteiger partial charge in [0.1, 0.15) is 10.7 Å². The summed E-state index contributed by atoms with van der Waals surface area (Å²) in [5.74, 6) is 0.514. The van der Waals surface area contributed by atoms with Crippen LogP contribution in [0.5, 0.6) is 0 Å². The molecule has 6 nitrogen and oxygen atoms in total. The van der Waals surface area contributed by atoms with E-state index in [4.69, 9.17) is 16.3 Å². The number of aryl methyl sites for hydroxylation is 1. The number of halogens is 1. The molecule has 2 aromatic rings. The molecule has 2 aromatic heterocycles. The smallest absolute Gasteiger partial charge is 0.263 e. The standard InChI is InChI=1S/C15H19ClN4O2S/c1-3-22-8-4-7-17-14(21)13-10(2)19-15(23-13)20-12-6-5-11(16)9-18-12/h5-6,9H,3-4,7-8H2,1-2H3,(H,17,21)(H,18,19,20). The lowest BCUT2D eigenvalue weighted by molar-refractivity contribution is 0.0947. The number of nitrogens with one attached hydrogen (secondary N) is 2. The summed E-state index contributed by atoms with van der Waals surface area (Å²) in [6, 6.07) is 3.50. The second-order valence-electron chi connectivity index (χ2n) is 4.73. The van der Waals surface area contributed by atoms with Crippen molar-refractivity contribution in [1.82, 2.24) is 15.3 Å². The molecule has 0 unspecified atom stereocenters. The van der Waals surface area contributed by atoms with E-state index in [0.717, 1.165) is 6.42 Å². The Bertz CT molecular complexity index is 645. The van der Waals surface area contributed by atoms with Gasteiger partial charge in [0.15, 0.2) is 5.13 Å². The number of nitrogens with zero attached hydrogens (tertiary/aromatic N) is 2. The summed E-state index contributed by atoms with van der Waals surface area (Å²) in [6.45, 7) is 5.68. The molecule has 0 aliphatic rings. The molecule has 2 N–H and O–H groups in total. The molecule has 0 bridgehead atoms. The minimum absolute atomic E-state index is 0.117. The van der Waals surface area contributed by atoms with Crippen LogP contribution in [0.1, 0.15) is 28.7 Å². The van der Waals surface area contributed by atoms with Crippen LogP contribution in [-0.2, 0) is 4.74 Å². The number of aromatic nitrogens is 2. The maximum Gasteiger partial charge on any atom is 0.263 e. The molecule has 0 saturated carbocycles. The third kappa shape index (κ3) is 5.46. The summed E-state index contributed by atoms with van der Waals surface area (Å²) in [5, 5.41) is 7.13. The Morgan fingerprint density at radius 2 is 2.26 bits per heavy atom. The zero-order valence-electron chi connectivity index (χ0n) is 13.1. The minimum Gasteiger partial charge on any atom is -0.382 e. The van der Waals surface area contributed by atoms with Crippen LogP contribution in [-0.4, -0.2) is 35.6 Å². The Balaban J connectivity index is 1.92. The monoisotopic (exact) mass is 354 g/mol. The van der Waals surface area contributed by atoms with Crippen LogP contribution >= 0.6 is 22.9 Å². The third-order valence-corrected chi connectivity index (χ3v) is 4.22. The topological polar surface area (TPSA) is 76.1 Å². The highest BCUT2D eigenvalue weighted by Gasteiger charge is 2.15. The summed E-state index contributed by atoms with van der Waals surface area (Å²) in [5.41, 5.74) is 0.689. The molecule has 0 saturated heterocycles. The molecule has 2 rings (SSSR count). The van der Waals surface area contributed by atoms with Gasteiger partial charge >= 0.3 is 0 Å². The van der Waals surface area contributed by atoms with Gasteiger partial charge in [-0.2, -0.15) is 0 Å². The van der Waals surface area contributed by atoms with Crippen molar-refractivity contribution in [2.24, 2.45) is 0 Å². The first-order chi connectivity index (χ1) is 11.1. The van der Waals surface area contributed by atoms with Crippen molar-refractivity contribution >= 4 is 39.8 Å². The van der Waals surface area contributed by atoms with Gasteiger partial charge in [0.2, 0.25) is 0 Å². The number of thiazole rings is 1. The van der Waals surface area contributed by atoms with Crippen LogP contribution in [0.25, 0.3) is 0 Å². The van der Waals surface area contributed by atoms with Crippen LogP contribution in [0, 0.1) is 6.92 Å². The van der Waals surface area contributed by atoms with Gasteiger partial charge in [-0.3, -0.25) is 4.79 Å². The van der Waals surface area contributed by atoms with E-state index in [-0.39, 0.29) is 5.91 Å². The van der Waals surface area contributed by atoms with E-state index in [1.807, 2.05) is 13.8 Å². The largest absolute Gasteiger partial charge is 0.382 e. The first kappa shape index (κ1) is 17.7. The van der Waals surface area contributed by atoms with Gasteiger partial charge in [-0.25, -0.2) is 9.97 Å². The van der Waals surface area contributed by atoms with Crippen molar-refractivity contribution in [2.45, 2.75) is 20.3 Å². The minimum atomic E-state index is -0.117. The number of carbonyl (C=O) groups is 1. The van der Waals surface area contributed by atoms with Crippen molar-refractivity contribution in [1.29, 1.82) is 0 Å². The molecule has 0 spiro atoms. The molecule has 23 heavy (non-hydrogen) atoms. The van der Waals surface area contributed by atoms with Gasteiger partial charge in [0, 0.05) is 26.0 Å². The predicted octanol–water partition coefficient (Wildman–Crippen LogP) is 3.40. The van der Waals surface area contributed by atoms with E-state index in [1.165, 1.54) is 11.3 Å². The second kappa shape index (κ2) is 8.81. The third-order valence-electron chi connectivity index (χ3n) is 2.92. The van der Waals surface area contributed by atoms with E-state index >= 15 is 0 Å². The summed E-state index contributed by atoms with van der Waals surface area (Å²) in [4.78, 5) is 21.3. The zero-order chi connectivity index (χ0) is 16.7. The fourth-order valence-corrected chi connectivity index (χ4v) is 2.82. The van der Waals surface area contributed by atoms with Crippen molar-refractivity contribution in [3.8, 4) is 0 Å². The SMILES string of the molecule is CCOCCCNC(=O)c1sc(Nc2ccc(Cl)cn2)nc1C. The molecule has 124 valence electrons.